The van der Waals surface area contributed by atoms with Crippen LogP contribution in [0.15, 0.2) is 18.2 Å². The molecule has 0 amide bonds. The van der Waals surface area contributed by atoms with E-state index in [1.54, 1.807) is 13.8 Å². The van der Waals surface area contributed by atoms with Crippen LogP contribution in [0, 0.1) is 11.6 Å². The highest BCUT2D eigenvalue weighted by atomic mass is 19.1. The van der Waals surface area contributed by atoms with E-state index in [0.29, 0.717) is 0 Å². The van der Waals surface area contributed by atoms with Crippen molar-refractivity contribution >= 4 is 5.69 Å². The maximum atomic E-state index is 13.1. The summed E-state index contributed by atoms with van der Waals surface area (Å²) < 4.78 is 26.2. The van der Waals surface area contributed by atoms with Gasteiger partial charge in [-0.1, -0.05) is 6.07 Å². The number of anilines is 1. The van der Waals surface area contributed by atoms with Gasteiger partial charge in [-0.2, -0.15) is 0 Å². The van der Waals surface area contributed by atoms with E-state index in [-0.39, 0.29) is 5.69 Å². The van der Waals surface area contributed by atoms with Gasteiger partial charge in [0.15, 0.2) is 0 Å². The third kappa shape index (κ3) is 2.42. The fourth-order valence-electron chi connectivity index (χ4n) is 0.984. The number of para-hydroxylation sites is 1. The number of aliphatic hydroxyl groups is 1. The van der Waals surface area contributed by atoms with Crippen molar-refractivity contribution in [3.63, 3.8) is 0 Å². The number of rotatable bonds is 3. The maximum absolute atomic E-state index is 13.1. The fourth-order valence-corrected chi connectivity index (χ4v) is 0.984. The summed E-state index contributed by atoms with van der Waals surface area (Å²) in [6.45, 7) is 3.20. The number of hydrogen-bond donors (Lipinski definition) is 2. The second kappa shape index (κ2) is 4.37. The third-order valence-electron chi connectivity index (χ3n) is 2.06. The molecule has 78 valence electrons. The Balaban J connectivity index is 2.85. The van der Waals surface area contributed by atoms with Crippen LogP contribution in [-0.2, 0) is 0 Å². The first-order valence-corrected chi connectivity index (χ1v) is 4.41. The average molecular weight is 201 g/mol. The minimum atomic E-state index is -0.672. The molecule has 2 unspecified atom stereocenters. The zero-order valence-electron chi connectivity index (χ0n) is 8.09. The number of halogens is 2. The van der Waals surface area contributed by atoms with Gasteiger partial charge in [-0.25, -0.2) is 8.78 Å². The summed E-state index contributed by atoms with van der Waals surface area (Å²) >= 11 is 0. The molecule has 2 nitrogen and oxygen atoms in total. The van der Waals surface area contributed by atoms with Crippen LogP contribution in [0.2, 0.25) is 0 Å². The molecule has 4 heteroatoms. The molecule has 14 heavy (non-hydrogen) atoms. The Hall–Kier alpha value is -1.16. The van der Waals surface area contributed by atoms with E-state index in [4.69, 9.17) is 5.11 Å². The highest BCUT2D eigenvalue weighted by Gasteiger charge is 2.13. The molecule has 2 atom stereocenters. The van der Waals surface area contributed by atoms with Gasteiger partial charge in [-0.05, 0) is 26.0 Å². The summed E-state index contributed by atoms with van der Waals surface area (Å²) in [6.07, 6.45) is -0.672. The molecule has 0 bridgehead atoms. The molecule has 2 N–H and O–H groups in total. The van der Waals surface area contributed by atoms with Crippen LogP contribution in [0.4, 0.5) is 14.5 Å². The first-order chi connectivity index (χ1) is 6.52. The van der Waals surface area contributed by atoms with Gasteiger partial charge in [0.2, 0.25) is 0 Å². The van der Waals surface area contributed by atoms with Crippen molar-refractivity contribution in [3.05, 3.63) is 29.8 Å². The van der Waals surface area contributed by atoms with Gasteiger partial charge in [0.1, 0.15) is 17.3 Å². The van der Waals surface area contributed by atoms with Crippen molar-refractivity contribution in [1.82, 2.24) is 0 Å². The van der Waals surface area contributed by atoms with Gasteiger partial charge in [-0.15, -0.1) is 0 Å². The lowest BCUT2D eigenvalue weighted by molar-refractivity contribution is 0.177. The molecule has 0 aliphatic heterocycles. The van der Waals surface area contributed by atoms with Gasteiger partial charge < -0.3 is 10.4 Å². The quantitative estimate of drug-likeness (QED) is 0.785. The van der Waals surface area contributed by atoms with Crippen LogP contribution >= 0.6 is 0 Å². The lowest BCUT2D eigenvalue weighted by Crippen LogP contribution is -2.28. The Morgan fingerprint density at radius 2 is 1.71 bits per heavy atom. The molecule has 0 fully saturated rings. The van der Waals surface area contributed by atoms with Gasteiger partial charge in [0.05, 0.1) is 6.10 Å². The van der Waals surface area contributed by atoms with E-state index >= 15 is 0 Å². The first kappa shape index (κ1) is 10.9. The van der Waals surface area contributed by atoms with Crippen LogP contribution in [-0.4, -0.2) is 17.3 Å². The molecular formula is C10H13F2NO. The first-order valence-electron chi connectivity index (χ1n) is 4.41. The third-order valence-corrected chi connectivity index (χ3v) is 2.06. The summed E-state index contributed by atoms with van der Waals surface area (Å²) in [4.78, 5) is 0. The Morgan fingerprint density at radius 1 is 1.21 bits per heavy atom. The highest BCUT2D eigenvalue weighted by Crippen LogP contribution is 2.19. The van der Waals surface area contributed by atoms with E-state index < -0.39 is 23.8 Å². The average Bonchev–Trinajstić information content (AvgIpc) is 2.11. The maximum Gasteiger partial charge on any atom is 0.149 e. The van der Waals surface area contributed by atoms with Crippen molar-refractivity contribution in [2.45, 2.75) is 26.0 Å². The standard InChI is InChI=1S/C10H13F2NO/c1-6(7(2)14)13-10-8(11)4-3-5-9(10)12/h3-7,13-14H,1-2H3. The Kier molecular flexibility index (Phi) is 3.41. The number of hydrogen-bond acceptors (Lipinski definition) is 2. The minimum Gasteiger partial charge on any atom is -0.391 e. The summed E-state index contributed by atoms with van der Waals surface area (Å²) in [5.74, 6) is -1.31. The van der Waals surface area contributed by atoms with E-state index in [9.17, 15) is 8.78 Å². The predicted octanol–water partition coefficient (Wildman–Crippen LogP) is 2.15. The van der Waals surface area contributed by atoms with Crippen molar-refractivity contribution in [2.75, 3.05) is 5.32 Å². The summed E-state index contributed by atoms with van der Waals surface area (Å²) in [7, 11) is 0. The molecule has 0 spiro atoms. The van der Waals surface area contributed by atoms with Gasteiger partial charge in [0.25, 0.3) is 0 Å². The van der Waals surface area contributed by atoms with Gasteiger partial charge in [-0.3, -0.25) is 0 Å². The summed E-state index contributed by atoms with van der Waals surface area (Å²) in [5, 5.41) is 11.7. The van der Waals surface area contributed by atoms with E-state index in [1.807, 2.05) is 0 Å². The molecule has 0 heterocycles. The molecule has 1 rings (SSSR count). The SMILES string of the molecule is CC(O)C(C)Nc1c(F)cccc1F. The van der Waals surface area contributed by atoms with E-state index in [1.165, 1.54) is 18.2 Å². The second-order valence-electron chi connectivity index (χ2n) is 3.27. The molecular weight excluding hydrogens is 188 g/mol. The molecule has 0 saturated carbocycles. The molecule has 0 radical (unpaired) electrons. The zero-order valence-corrected chi connectivity index (χ0v) is 8.09. The molecule has 0 aliphatic rings. The van der Waals surface area contributed by atoms with Crippen LogP contribution in [0.5, 0.6) is 0 Å². The topological polar surface area (TPSA) is 32.3 Å². The molecule has 0 aromatic heterocycles. The molecule has 0 saturated heterocycles. The summed E-state index contributed by atoms with van der Waals surface area (Å²) in [5.41, 5.74) is -0.194. The van der Waals surface area contributed by atoms with Gasteiger partial charge >= 0.3 is 0 Å². The Labute approximate surface area is 81.6 Å². The molecule has 1 aromatic rings. The van der Waals surface area contributed by atoms with Crippen LogP contribution in [0.25, 0.3) is 0 Å². The Bertz CT molecular complexity index is 295. The van der Waals surface area contributed by atoms with Crippen molar-refractivity contribution in [2.24, 2.45) is 0 Å². The number of nitrogens with one attached hydrogen (secondary N) is 1. The fraction of sp³-hybridized carbons (Fsp3) is 0.400. The van der Waals surface area contributed by atoms with Gasteiger partial charge in [0, 0.05) is 6.04 Å². The molecule has 1 aromatic carbocycles. The van der Waals surface area contributed by atoms with Crippen molar-refractivity contribution in [1.29, 1.82) is 0 Å². The monoisotopic (exact) mass is 201 g/mol. The van der Waals surface area contributed by atoms with Crippen LogP contribution in [0.3, 0.4) is 0 Å². The van der Waals surface area contributed by atoms with Crippen LogP contribution < -0.4 is 5.32 Å². The van der Waals surface area contributed by atoms with E-state index in [2.05, 4.69) is 5.32 Å². The lowest BCUT2D eigenvalue weighted by Gasteiger charge is -2.18. The van der Waals surface area contributed by atoms with Crippen molar-refractivity contribution < 1.29 is 13.9 Å². The largest absolute Gasteiger partial charge is 0.391 e. The van der Waals surface area contributed by atoms with Crippen molar-refractivity contribution in [3.8, 4) is 0 Å². The normalized spacial score (nSPS) is 14.9. The lowest BCUT2D eigenvalue weighted by atomic mass is 10.2. The van der Waals surface area contributed by atoms with Crippen LogP contribution in [0.1, 0.15) is 13.8 Å². The van der Waals surface area contributed by atoms with E-state index in [0.717, 1.165) is 0 Å². The molecule has 0 aliphatic carbocycles. The number of aliphatic hydroxyl groups excluding tert-OH is 1. The minimum absolute atomic E-state index is 0.194. The zero-order chi connectivity index (χ0) is 10.7. The smallest absolute Gasteiger partial charge is 0.149 e. The Morgan fingerprint density at radius 3 is 2.14 bits per heavy atom. The summed E-state index contributed by atoms with van der Waals surface area (Å²) in [6, 6.07) is 3.23. The highest BCUT2D eigenvalue weighted by molar-refractivity contribution is 5.46. The number of benzene rings is 1. The predicted molar refractivity (Wildman–Crippen MR) is 51.1 cm³/mol. The second-order valence-corrected chi connectivity index (χ2v) is 3.27.